The van der Waals surface area contributed by atoms with Gasteiger partial charge in [-0.3, -0.25) is 4.79 Å². The van der Waals surface area contributed by atoms with E-state index in [9.17, 15) is 18.0 Å². The first kappa shape index (κ1) is 18.4. The Bertz CT molecular complexity index is 985. The van der Waals surface area contributed by atoms with Crippen LogP contribution in [0.5, 0.6) is 0 Å². The third-order valence-corrected chi connectivity index (χ3v) is 3.40. The second-order valence-corrected chi connectivity index (χ2v) is 5.70. The normalized spacial score (nSPS) is 11.3. The lowest BCUT2D eigenvalue weighted by molar-refractivity contribution is -0.137. The highest BCUT2D eigenvalue weighted by Gasteiger charge is 2.30. The number of aryl methyl sites for hydroxylation is 2. The van der Waals surface area contributed by atoms with Crippen LogP contribution >= 0.6 is 0 Å². The molecule has 0 atom stereocenters. The van der Waals surface area contributed by atoms with Crippen molar-refractivity contribution in [3.05, 3.63) is 59.1 Å². The predicted octanol–water partition coefficient (Wildman–Crippen LogP) is 4.10. The maximum atomic E-state index is 12.8. The molecule has 7 nitrogen and oxygen atoms in total. The molecular formula is C17H14F3N5O2. The number of hydrogen-bond acceptors (Lipinski definition) is 6. The molecule has 140 valence electrons. The van der Waals surface area contributed by atoms with Gasteiger partial charge in [-0.2, -0.15) is 13.2 Å². The maximum Gasteiger partial charge on any atom is 0.416 e. The second-order valence-electron chi connectivity index (χ2n) is 5.70. The summed E-state index contributed by atoms with van der Waals surface area (Å²) in [6, 6.07) is 7.38. The highest BCUT2D eigenvalue weighted by molar-refractivity contribution is 6.03. The van der Waals surface area contributed by atoms with Gasteiger partial charge in [0.1, 0.15) is 11.5 Å². The van der Waals surface area contributed by atoms with Crippen LogP contribution in [0, 0.1) is 13.8 Å². The van der Waals surface area contributed by atoms with E-state index in [1.165, 1.54) is 18.2 Å². The highest BCUT2D eigenvalue weighted by Crippen LogP contribution is 2.30. The summed E-state index contributed by atoms with van der Waals surface area (Å²) in [5.41, 5.74) is -0.375. The summed E-state index contributed by atoms with van der Waals surface area (Å²) in [5.74, 6) is 0.381. The molecule has 0 aliphatic rings. The monoisotopic (exact) mass is 377 g/mol. The van der Waals surface area contributed by atoms with E-state index < -0.39 is 17.6 Å². The van der Waals surface area contributed by atoms with Gasteiger partial charge in [0.2, 0.25) is 5.95 Å². The van der Waals surface area contributed by atoms with Crippen molar-refractivity contribution < 1.29 is 22.5 Å². The fourth-order valence-electron chi connectivity index (χ4n) is 2.25. The molecule has 3 aromatic rings. The molecule has 27 heavy (non-hydrogen) atoms. The Labute approximate surface area is 151 Å². The SMILES string of the molecule is Cc1cc(C(=O)Nc2cccc(C(F)(F)F)c2)nc(Nc2cc(C)on2)n1. The van der Waals surface area contributed by atoms with Gasteiger partial charge >= 0.3 is 6.18 Å². The average molecular weight is 377 g/mol. The van der Waals surface area contributed by atoms with E-state index in [2.05, 4.69) is 25.8 Å². The summed E-state index contributed by atoms with van der Waals surface area (Å²) in [6.07, 6.45) is -4.50. The lowest BCUT2D eigenvalue weighted by Crippen LogP contribution is -2.16. The molecule has 0 aliphatic heterocycles. The molecule has 0 aliphatic carbocycles. The van der Waals surface area contributed by atoms with Crippen LogP contribution in [0.15, 0.2) is 40.9 Å². The van der Waals surface area contributed by atoms with Crippen LogP contribution in [0.3, 0.4) is 0 Å². The van der Waals surface area contributed by atoms with Crippen molar-refractivity contribution in [3.63, 3.8) is 0 Å². The van der Waals surface area contributed by atoms with Gasteiger partial charge in [0.15, 0.2) is 5.82 Å². The quantitative estimate of drug-likeness (QED) is 0.711. The summed E-state index contributed by atoms with van der Waals surface area (Å²) in [6.45, 7) is 3.37. The summed E-state index contributed by atoms with van der Waals surface area (Å²) in [7, 11) is 0. The number of aromatic nitrogens is 3. The number of alkyl halides is 3. The van der Waals surface area contributed by atoms with Gasteiger partial charge in [-0.25, -0.2) is 9.97 Å². The van der Waals surface area contributed by atoms with Crippen molar-refractivity contribution in [3.8, 4) is 0 Å². The molecule has 0 fully saturated rings. The number of carbonyl (C=O) groups is 1. The number of benzene rings is 1. The first-order chi connectivity index (χ1) is 12.7. The van der Waals surface area contributed by atoms with Crippen molar-refractivity contribution in [2.75, 3.05) is 10.6 Å². The summed E-state index contributed by atoms with van der Waals surface area (Å²) >= 11 is 0. The smallest absolute Gasteiger partial charge is 0.360 e. The van der Waals surface area contributed by atoms with E-state index in [-0.39, 0.29) is 17.3 Å². The van der Waals surface area contributed by atoms with E-state index in [0.29, 0.717) is 17.3 Å². The number of nitrogens with zero attached hydrogens (tertiary/aromatic N) is 3. The minimum Gasteiger partial charge on any atom is -0.360 e. The van der Waals surface area contributed by atoms with Crippen LogP contribution < -0.4 is 10.6 Å². The van der Waals surface area contributed by atoms with Gasteiger partial charge in [-0.15, -0.1) is 0 Å². The number of carbonyl (C=O) groups excluding carboxylic acids is 1. The number of amides is 1. The molecule has 0 bridgehead atoms. The molecule has 0 unspecified atom stereocenters. The highest BCUT2D eigenvalue weighted by atomic mass is 19.4. The summed E-state index contributed by atoms with van der Waals surface area (Å²) < 4.78 is 43.3. The second kappa shape index (κ2) is 7.06. The molecule has 10 heteroatoms. The van der Waals surface area contributed by atoms with Crippen LogP contribution in [-0.4, -0.2) is 21.0 Å². The van der Waals surface area contributed by atoms with E-state index in [1.807, 2.05) is 0 Å². The molecule has 1 aromatic carbocycles. The van der Waals surface area contributed by atoms with Crippen LogP contribution in [0.25, 0.3) is 0 Å². The predicted molar refractivity (Wildman–Crippen MR) is 90.7 cm³/mol. The summed E-state index contributed by atoms with van der Waals surface area (Å²) in [5, 5.41) is 8.94. The standard InChI is InChI=1S/C17H14F3N5O2/c1-9-6-13(23-16(21-9)24-14-7-10(2)27-25-14)15(26)22-12-5-3-4-11(8-12)17(18,19)20/h3-8H,1-2H3,(H,22,26)(H,21,23,24,25). The zero-order valence-electron chi connectivity index (χ0n) is 14.3. The van der Waals surface area contributed by atoms with Crippen LogP contribution in [0.1, 0.15) is 27.5 Å². The summed E-state index contributed by atoms with van der Waals surface area (Å²) in [4.78, 5) is 20.6. The zero-order chi connectivity index (χ0) is 19.6. The average Bonchev–Trinajstić information content (AvgIpc) is 2.98. The Kier molecular flexibility index (Phi) is 4.80. The molecule has 0 spiro atoms. The van der Waals surface area contributed by atoms with E-state index in [4.69, 9.17) is 4.52 Å². The first-order valence-corrected chi connectivity index (χ1v) is 7.75. The Hall–Kier alpha value is -3.43. The number of anilines is 3. The third-order valence-electron chi connectivity index (χ3n) is 3.40. The van der Waals surface area contributed by atoms with Gasteiger partial charge in [0.05, 0.1) is 5.56 Å². The zero-order valence-corrected chi connectivity index (χ0v) is 14.3. The number of rotatable bonds is 4. The Morgan fingerprint density at radius 3 is 2.56 bits per heavy atom. The van der Waals surface area contributed by atoms with E-state index in [0.717, 1.165) is 12.1 Å². The van der Waals surface area contributed by atoms with Gasteiger partial charge in [0.25, 0.3) is 5.91 Å². The van der Waals surface area contributed by atoms with Crippen LogP contribution in [-0.2, 0) is 6.18 Å². The topological polar surface area (TPSA) is 92.9 Å². The Morgan fingerprint density at radius 1 is 1.11 bits per heavy atom. The number of nitrogens with one attached hydrogen (secondary N) is 2. The van der Waals surface area contributed by atoms with Crippen LogP contribution in [0.2, 0.25) is 0 Å². The van der Waals surface area contributed by atoms with Crippen molar-refractivity contribution >= 4 is 23.4 Å². The molecule has 1 amide bonds. The Morgan fingerprint density at radius 2 is 1.89 bits per heavy atom. The molecule has 3 rings (SSSR count). The van der Waals surface area contributed by atoms with E-state index >= 15 is 0 Å². The van der Waals surface area contributed by atoms with Gasteiger partial charge < -0.3 is 15.2 Å². The fourth-order valence-corrected chi connectivity index (χ4v) is 2.25. The van der Waals surface area contributed by atoms with Crippen molar-refractivity contribution in [1.29, 1.82) is 0 Å². The Balaban J connectivity index is 1.80. The van der Waals surface area contributed by atoms with E-state index in [1.54, 1.807) is 19.9 Å². The van der Waals surface area contributed by atoms with Crippen LogP contribution in [0.4, 0.5) is 30.6 Å². The molecule has 2 N–H and O–H groups in total. The lowest BCUT2D eigenvalue weighted by atomic mass is 10.2. The first-order valence-electron chi connectivity index (χ1n) is 7.75. The largest absolute Gasteiger partial charge is 0.416 e. The fraction of sp³-hybridized carbons (Fsp3) is 0.176. The van der Waals surface area contributed by atoms with Gasteiger partial charge in [-0.1, -0.05) is 11.2 Å². The van der Waals surface area contributed by atoms with Crippen molar-refractivity contribution in [1.82, 2.24) is 15.1 Å². The molecule has 0 radical (unpaired) electrons. The number of halogens is 3. The lowest BCUT2D eigenvalue weighted by Gasteiger charge is -2.10. The van der Waals surface area contributed by atoms with Crippen molar-refractivity contribution in [2.24, 2.45) is 0 Å². The molecule has 2 aromatic heterocycles. The minimum atomic E-state index is -4.50. The third kappa shape index (κ3) is 4.60. The minimum absolute atomic E-state index is 0.00715. The molecule has 0 saturated heterocycles. The number of hydrogen-bond donors (Lipinski definition) is 2. The van der Waals surface area contributed by atoms with Crippen molar-refractivity contribution in [2.45, 2.75) is 20.0 Å². The maximum absolute atomic E-state index is 12.8. The van der Waals surface area contributed by atoms with Gasteiger partial charge in [-0.05, 0) is 38.1 Å². The molecule has 2 heterocycles. The molecular weight excluding hydrogens is 363 g/mol. The van der Waals surface area contributed by atoms with Gasteiger partial charge in [0, 0.05) is 17.4 Å². The molecule has 0 saturated carbocycles.